The molecule has 1 aliphatic carbocycles. The second-order valence-electron chi connectivity index (χ2n) is 6.92. The molecule has 1 aromatic carbocycles. The van der Waals surface area contributed by atoms with Crippen LogP contribution in [0.2, 0.25) is 0 Å². The molecule has 2 fully saturated rings. The summed E-state index contributed by atoms with van der Waals surface area (Å²) in [6.07, 6.45) is 7.66. The van der Waals surface area contributed by atoms with Gasteiger partial charge in [0, 0.05) is 12.5 Å². The van der Waals surface area contributed by atoms with E-state index in [0.717, 1.165) is 45.2 Å². The Morgan fingerprint density at radius 1 is 1.00 bits per heavy atom. The summed E-state index contributed by atoms with van der Waals surface area (Å²) < 4.78 is 0. The molecule has 1 aromatic rings. The van der Waals surface area contributed by atoms with Crippen LogP contribution in [0.1, 0.15) is 56.4 Å². The number of piperidine rings is 1. The summed E-state index contributed by atoms with van der Waals surface area (Å²) in [7, 11) is 0. The van der Waals surface area contributed by atoms with Gasteiger partial charge in [0.15, 0.2) is 0 Å². The monoisotopic (exact) mass is 300 g/mol. The first-order valence-electron chi connectivity index (χ1n) is 8.86. The smallest absolute Gasteiger partial charge is 0.220 e. The van der Waals surface area contributed by atoms with Crippen molar-refractivity contribution in [3.8, 4) is 0 Å². The van der Waals surface area contributed by atoms with E-state index < -0.39 is 0 Å². The Kier molecular flexibility index (Phi) is 5.49. The largest absolute Gasteiger partial charge is 0.353 e. The molecule has 0 spiro atoms. The van der Waals surface area contributed by atoms with Crippen LogP contribution < -0.4 is 10.6 Å². The lowest BCUT2D eigenvalue weighted by Crippen LogP contribution is -2.39. The maximum absolute atomic E-state index is 12.2. The van der Waals surface area contributed by atoms with Crippen LogP contribution >= 0.6 is 0 Å². The van der Waals surface area contributed by atoms with E-state index in [2.05, 4.69) is 41.0 Å². The predicted molar refractivity (Wildman–Crippen MR) is 89.8 cm³/mol. The number of carbonyl (C=O) groups is 1. The van der Waals surface area contributed by atoms with Gasteiger partial charge < -0.3 is 10.6 Å². The third-order valence-corrected chi connectivity index (χ3v) is 5.30. The summed E-state index contributed by atoms with van der Waals surface area (Å²) in [4.78, 5) is 12.2. The van der Waals surface area contributed by atoms with Gasteiger partial charge in [-0.3, -0.25) is 4.79 Å². The molecule has 2 aliphatic rings. The Morgan fingerprint density at radius 3 is 2.36 bits per heavy atom. The van der Waals surface area contributed by atoms with Crippen molar-refractivity contribution in [1.29, 1.82) is 0 Å². The number of rotatable bonds is 4. The lowest BCUT2D eigenvalue weighted by atomic mass is 9.81. The molecule has 1 heterocycles. The molecule has 1 aliphatic heterocycles. The van der Waals surface area contributed by atoms with Crippen LogP contribution in [-0.4, -0.2) is 25.0 Å². The molecule has 0 bridgehead atoms. The minimum atomic E-state index is 0.273. The van der Waals surface area contributed by atoms with Gasteiger partial charge in [-0.2, -0.15) is 0 Å². The van der Waals surface area contributed by atoms with Crippen molar-refractivity contribution >= 4 is 5.91 Å². The van der Waals surface area contributed by atoms with Crippen molar-refractivity contribution in [2.24, 2.45) is 5.92 Å². The fourth-order valence-electron chi connectivity index (χ4n) is 3.93. The van der Waals surface area contributed by atoms with Gasteiger partial charge in [-0.1, -0.05) is 30.3 Å². The van der Waals surface area contributed by atoms with Crippen molar-refractivity contribution in [3.63, 3.8) is 0 Å². The molecule has 3 heteroatoms. The first kappa shape index (κ1) is 15.5. The van der Waals surface area contributed by atoms with Gasteiger partial charge in [0.2, 0.25) is 5.91 Å². The number of nitrogens with one attached hydrogen (secondary N) is 2. The molecular formula is C19H28N2O. The van der Waals surface area contributed by atoms with Crippen LogP contribution in [0.15, 0.2) is 30.3 Å². The van der Waals surface area contributed by atoms with Crippen LogP contribution in [0, 0.1) is 5.92 Å². The summed E-state index contributed by atoms with van der Waals surface area (Å²) in [6, 6.07) is 11.2. The summed E-state index contributed by atoms with van der Waals surface area (Å²) in [5.74, 6) is 1.54. The van der Waals surface area contributed by atoms with Crippen LogP contribution in [-0.2, 0) is 4.79 Å². The highest BCUT2D eigenvalue weighted by Crippen LogP contribution is 2.32. The van der Waals surface area contributed by atoms with Gasteiger partial charge in [0.25, 0.3) is 0 Å². The van der Waals surface area contributed by atoms with Gasteiger partial charge in [0.1, 0.15) is 0 Å². The Labute approximate surface area is 133 Å². The quantitative estimate of drug-likeness (QED) is 0.896. The molecule has 0 radical (unpaired) electrons. The molecule has 0 aromatic heterocycles. The van der Waals surface area contributed by atoms with Gasteiger partial charge in [-0.25, -0.2) is 0 Å². The summed E-state index contributed by atoms with van der Waals surface area (Å²) in [5, 5.41) is 6.64. The summed E-state index contributed by atoms with van der Waals surface area (Å²) >= 11 is 0. The molecule has 0 unspecified atom stereocenters. The maximum Gasteiger partial charge on any atom is 0.220 e. The highest BCUT2D eigenvalue weighted by atomic mass is 16.1. The third-order valence-electron chi connectivity index (χ3n) is 5.30. The first-order valence-corrected chi connectivity index (χ1v) is 8.86. The van der Waals surface area contributed by atoms with Crippen molar-refractivity contribution < 1.29 is 4.79 Å². The summed E-state index contributed by atoms with van der Waals surface area (Å²) in [6.45, 7) is 2.14. The number of amides is 1. The number of hydrogen-bond acceptors (Lipinski definition) is 2. The molecule has 0 atom stereocenters. The van der Waals surface area contributed by atoms with Crippen LogP contribution in [0.25, 0.3) is 0 Å². The van der Waals surface area contributed by atoms with E-state index >= 15 is 0 Å². The molecule has 120 valence electrons. The molecule has 1 amide bonds. The standard InChI is InChI=1S/C19H28N2O/c22-19(14-15-10-12-20-13-11-15)21-18-8-6-17(7-9-18)16-4-2-1-3-5-16/h1-5,15,17-18,20H,6-14H2,(H,21,22). The van der Waals surface area contributed by atoms with Gasteiger partial charge >= 0.3 is 0 Å². The Balaban J connectivity index is 1.41. The van der Waals surface area contributed by atoms with E-state index in [4.69, 9.17) is 0 Å². The van der Waals surface area contributed by atoms with Gasteiger partial charge in [-0.15, -0.1) is 0 Å². The van der Waals surface area contributed by atoms with E-state index in [0.29, 0.717) is 17.9 Å². The molecule has 22 heavy (non-hydrogen) atoms. The van der Waals surface area contributed by atoms with Gasteiger partial charge in [0.05, 0.1) is 0 Å². The molecule has 1 saturated carbocycles. The second kappa shape index (κ2) is 7.77. The number of hydrogen-bond donors (Lipinski definition) is 2. The second-order valence-corrected chi connectivity index (χ2v) is 6.92. The lowest BCUT2D eigenvalue weighted by molar-refractivity contribution is -0.123. The van der Waals surface area contributed by atoms with E-state index in [1.54, 1.807) is 0 Å². The lowest BCUT2D eigenvalue weighted by Gasteiger charge is -2.30. The zero-order valence-corrected chi connectivity index (χ0v) is 13.4. The van der Waals surface area contributed by atoms with Crippen molar-refractivity contribution in [1.82, 2.24) is 10.6 Å². The number of benzene rings is 1. The molecule has 2 N–H and O–H groups in total. The zero-order valence-electron chi connectivity index (χ0n) is 13.4. The van der Waals surface area contributed by atoms with Crippen molar-refractivity contribution in [2.75, 3.05) is 13.1 Å². The Hall–Kier alpha value is -1.35. The van der Waals surface area contributed by atoms with Crippen molar-refractivity contribution in [2.45, 2.75) is 56.9 Å². The normalized spacial score (nSPS) is 26.5. The zero-order chi connectivity index (χ0) is 15.2. The predicted octanol–water partition coefficient (Wildman–Crippen LogP) is 3.22. The first-order chi connectivity index (χ1) is 10.8. The molecule has 3 nitrogen and oxygen atoms in total. The van der Waals surface area contributed by atoms with Gasteiger partial charge in [-0.05, 0) is 69.0 Å². The average molecular weight is 300 g/mol. The minimum absolute atomic E-state index is 0.273. The topological polar surface area (TPSA) is 41.1 Å². The third kappa shape index (κ3) is 4.33. The SMILES string of the molecule is O=C(CC1CCNCC1)NC1CCC(c2ccccc2)CC1. The minimum Gasteiger partial charge on any atom is -0.353 e. The van der Waals surface area contributed by atoms with E-state index in [9.17, 15) is 4.79 Å². The average Bonchev–Trinajstić information content (AvgIpc) is 2.57. The Morgan fingerprint density at radius 2 is 1.68 bits per heavy atom. The van der Waals surface area contributed by atoms with E-state index in [-0.39, 0.29) is 5.91 Å². The van der Waals surface area contributed by atoms with E-state index in [1.807, 2.05) is 0 Å². The molecular weight excluding hydrogens is 272 g/mol. The fourth-order valence-corrected chi connectivity index (χ4v) is 3.93. The highest BCUT2D eigenvalue weighted by molar-refractivity contribution is 5.76. The Bertz CT molecular complexity index is 460. The molecule has 3 rings (SSSR count). The summed E-state index contributed by atoms with van der Waals surface area (Å²) in [5.41, 5.74) is 1.46. The fraction of sp³-hybridized carbons (Fsp3) is 0.632. The van der Waals surface area contributed by atoms with Crippen molar-refractivity contribution in [3.05, 3.63) is 35.9 Å². The van der Waals surface area contributed by atoms with E-state index in [1.165, 1.54) is 18.4 Å². The van der Waals surface area contributed by atoms with Crippen LogP contribution in [0.5, 0.6) is 0 Å². The maximum atomic E-state index is 12.2. The van der Waals surface area contributed by atoms with Crippen LogP contribution in [0.4, 0.5) is 0 Å². The van der Waals surface area contributed by atoms with Crippen LogP contribution in [0.3, 0.4) is 0 Å². The molecule has 1 saturated heterocycles. The number of carbonyl (C=O) groups excluding carboxylic acids is 1. The highest BCUT2D eigenvalue weighted by Gasteiger charge is 2.24.